The Balaban J connectivity index is 3.63. The highest BCUT2D eigenvalue weighted by atomic mass is 32.2. The van der Waals surface area contributed by atoms with E-state index >= 15 is 0 Å². The molecule has 6 heteroatoms. The zero-order chi connectivity index (χ0) is 8.74. The first kappa shape index (κ1) is 10.8. The molecule has 0 spiro atoms. The van der Waals surface area contributed by atoms with E-state index < -0.39 is 10.0 Å². The molecule has 3 N–H and O–H groups in total. The lowest BCUT2D eigenvalue weighted by molar-refractivity contribution is 0.294. The first-order valence-corrected chi connectivity index (χ1v) is 4.96. The Morgan fingerprint density at radius 3 is 2.27 bits per heavy atom. The van der Waals surface area contributed by atoms with Gasteiger partial charge in [-0.05, 0) is 6.42 Å². The summed E-state index contributed by atoms with van der Waals surface area (Å²) in [4.78, 5) is 0. The average molecular weight is 183 g/mol. The molecule has 68 valence electrons. The largest absolute Gasteiger partial charge is 0.396 e. The second-order valence-electron chi connectivity index (χ2n) is 2.01. The van der Waals surface area contributed by atoms with Crippen molar-refractivity contribution in [3.05, 3.63) is 0 Å². The predicted octanol–water partition coefficient (Wildman–Crippen LogP) is -1.72. The SMILES string of the molecule is O=S(=O)(CCCO)NCCO. The molecule has 0 heterocycles. The topological polar surface area (TPSA) is 86.6 Å². The van der Waals surface area contributed by atoms with Crippen LogP contribution in [0.4, 0.5) is 0 Å². The van der Waals surface area contributed by atoms with Gasteiger partial charge in [0.1, 0.15) is 0 Å². The molecule has 0 aromatic carbocycles. The summed E-state index contributed by atoms with van der Waals surface area (Å²) in [5.41, 5.74) is 0. The van der Waals surface area contributed by atoms with Crippen molar-refractivity contribution >= 4 is 10.0 Å². The van der Waals surface area contributed by atoms with Crippen molar-refractivity contribution in [3.63, 3.8) is 0 Å². The van der Waals surface area contributed by atoms with Crippen LogP contribution in [0.15, 0.2) is 0 Å². The molecule has 0 fully saturated rings. The second kappa shape index (κ2) is 5.48. The van der Waals surface area contributed by atoms with Crippen molar-refractivity contribution in [2.45, 2.75) is 6.42 Å². The third-order valence-corrected chi connectivity index (χ3v) is 2.48. The molecule has 0 radical (unpaired) electrons. The number of sulfonamides is 1. The van der Waals surface area contributed by atoms with E-state index in [-0.39, 0.29) is 31.9 Å². The predicted molar refractivity (Wildman–Crippen MR) is 40.6 cm³/mol. The summed E-state index contributed by atoms with van der Waals surface area (Å²) in [6.45, 7) is -0.313. The van der Waals surface area contributed by atoms with E-state index in [0.717, 1.165) is 0 Å². The Morgan fingerprint density at radius 2 is 1.82 bits per heavy atom. The van der Waals surface area contributed by atoms with Gasteiger partial charge in [0, 0.05) is 13.2 Å². The molecule has 0 unspecified atom stereocenters. The van der Waals surface area contributed by atoms with Crippen LogP contribution in [0.2, 0.25) is 0 Å². The van der Waals surface area contributed by atoms with Crippen LogP contribution in [-0.4, -0.2) is 44.1 Å². The molecule has 0 saturated heterocycles. The second-order valence-corrected chi connectivity index (χ2v) is 3.94. The molecule has 0 aliphatic rings. The average Bonchev–Trinajstić information content (AvgIpc) is 1.97. The molecular weight excluding hydrogens is 170 g/mol. The zero-order valence-electron chi connectivity index (χ0n) is 6.15. The smallest absolute Gasteiger partial charge is 0.211 e. The van der Waals surface area contributed by atoms with Crippen LogP contribution in [0.1, 0.15) is 6.42 Å². The van der Waals surface area contributed by atoms with Crippen molar-refractivity contribution in [3.8, 4) is 0 Å². The van der Waals surface area contributed by atoms with Crippen LogP contribution in [0.5, 0.6) is 0 Å². The van der Waals surface area contributed by atoms with Gasteiger partial charge in [0.25, 0.3) is 0 Å². The fourth-order valence-corrected chi connectivity index (χ4v) is 1.58. The van der Waals surface area contributed by atoms with E-state index in [9.17, 15) is 8.42 Å². The Kier molecular flexibility index (Phi) is 5.39. The number of aliphatic hydroxyl groups excluding tert-OH is 2. The lowest BCUT2D eigenvalue weighted by Crippen LogP contribution is -2.29. The van der Waals surface area contributed by atoms with Crippen molar-refractivity contribution in [2.75, 3.05) is 25.5 Å². The maximum Gasteiger partial charge on any atom is 0.211 e. The number of nitrogens with one attached hydrogen (secondary N) is 1. The van der Waals surface area contributed by atoms with Crippen LogP contribution in [0, 0.1) is 0 Å². The van der Waals surface area contributed by atoms with Crippen LogP contribution in [0.3, 0.4) is 0 Å². The zero-order valence-corrected chi connectivity index (χ0v) is 6.97. The highest BCUT2D eigenvalue weighted by Gasteiger charge is 2.06. The molecular formula is C5H13NO4S. The Morgan fingerprint density at radius 1 is 1.18 bits per heavy atom. The van der Waals surface area contributed by atoms with Crippen LogP contribution < -0.4 is 4.72 Å². The van der Waals surface area contributed by atoms with E-state index in [4.69, 9.17) is 10.2 Å². The van der Waals surface area contributed by atoms with Crippen molar-refractivity contribution in [1.29, 1.82) is 0 Å². The maximum atomic E-state index is 10.8. The lowest BCUT2D eigenvalue weighted by atomic mass is 10.5. The van der Waals surface area contributed by atoms with E-state index in [1.807, 2.05) is 0 Å². The van der Waals surface area contributed by atoms with Crippen LogP contribution >= 0.6 is 0 Å². The summed E-state index contributed by atoms with van der Waals surface area (Å²) in [5, 5.41) is 16.6. The van der Waals surface area contributed by atoms with Gasteiger partial charge in [0.2, 0.25) is 10.0 Å². The van der Waals surface area contributed by atoms with Crippen LogP contribution in [0.25, 0.3) is 0 Å². The summed E-state index contributed by atoms with van der Waals surface area (Å²) in [5.74, 6) is -0.0938. The van der Waals surface area contributed by atoms with Crippen LogP contribution in [-0.2, 0) is 10.0 Å². The van der Waals surface area contributed by atoms with Gasteiger partial charge in [0.05, 0.1) is 12.4 Å². The van der Waals surface area contributed by atoms with Gasteiger partial charge in [0.15, 0.2) is 0 Å². The third-order valence-electron chi connectivity index (χ3n) is 1.00. The monoisotopic (exact) mass is 183 g/mol. The van der Waals surface area contributed by atoms with E-state index in [1.54, 1.807) is 0 Å². The molecule has 11 heavy (non-hydrogen) atoms. The van der Waals surface area contributed by atoms with Gasteiger partial charge in [-0.2, -0.15) is 0 Å². The first-order chi connectivity index (χ1) is 5.12. The summed E-state index contributed by atoms with van der Waals surface area (Å²) < 4.78 is 23.8. The van der Waals surface area contributed by atoms with Gasteiger partial charge >= 0.3 is 0 Å². The molecule has 0 rings (SSSR count). The minimum atomic E-state index is -3.28. The van der Waals surface area contributed by atoms with Gasteiger partial charge in [-0.15, -0.1) is 0 Å². The van der Waals surface area contributed by atoms with Crippen molar-refractivity contribution < 1.29 is 18.6 Å². The highest BCUT2D eigenvalue weighted by molar-refractivity contribution is 7.89. The molecule has 0 saturated carbocycles. The molecule has 0 aliphatic carbocycles. The highest BCUT2D eigenvalue weighted by Crippen LogP contribution is 1.86. The summed E-state index contributed by atoms with van der Waals surface area (Å²) in [6, 6.07) is 0. The molecule has 0 aromatic heterocycles. The Bertz CT molecular complexity index is 163. The van der Waals surface area contributed by atoms with Gasteiger partial charge < -0.3 is 10.2 Å². The van der Waals surface area contributed by atoms with Gasteiger partial charge in [-0.3, -0.25) is 0 Å². The molecule has 5 nitrogen and oxygen atoms in total. The Hall–Kier alpha value is -0.170. The Labute approximate surface area is 66.1 Å². The number of hydrogen-bond acceptors (Lipinski definition) is 4. The normalized spacial score (nSPS) is 11.8. The third kappa shape index (κ3) is 6.24. The lowest BCUT2D eigenvalue weighted by Gasteiger charge is -2.02. The van der Waals surface area contributed by atoms with Gasteiger partial charge in [-0.25, -0.2) is 13.1 Å². The molecule has 0 amide bonds. The number of aliphatic hydroxyl groups is 2. The standard InChI is InChI=1S/C5H13NO4S/c7-3-1-5-11(9,10)6-2-4-8/h6-8H,1-5H2. The minimum absolute atomic E-state index is 0.0355. The molecule has 0 bridgehead atoms. The number of hydrogen-bond donors (Lipinski definition) is 3. The summed E-state index contributed by atoms with van der Waals surface area (Å²) >= 11 is 0. The molecule has 0 aliphatic heterocycles. The molecule has 0 aromatic rings. The fourth-order valence-electron chi connectivity index (χ4n) is 0.528. The minimum Gasteiger partial charge on any atom is -0.396 e. The first-order valence-electron chi connectivity index (χ1n) is 3.31. The van der Waals surface area contributed by atoms with Gasteiger partial charge in [-0.1, -0.05) is 0 Å². The maximum absolute atomic E-state index is 10.8. The van der Waals surface area contributed by atoms with Crippen molar-refractivity contribution in [2.24, 2.45) is 0 Å². The van der Waals surface area contributed by atoms with E-state index in [1.165, 1.54) is 0 Å². The number of rotatable bonds is 6. The quantitative estimate of drug-likeness (QED) is 0.457. The summed E-state index contributed by atoms with van der Waals surface area (Å²) in [6.07, 6.45) is 0.223. The molecule has 0 atom stereocenters. The van der Waals surface area contributed by atoms with Crippen molar-refractivity contribution in [1.82, 2.24) is 4.72 Å². The fraction of sp³-hybridized carbons (Fsp3) is 1.00. The summed E-state index contributed by atoms with van der Waals surface area (Å²) in [7, 11) is -3.28. The van der Waals surface area contributed by atoms with E-state index in [2.05, 4.69) is 4.72 Å². The van der Waals surface area contributed by atoms with E-state index in [0.29, 0.717) is 0 Å².